The minimum Gasteiger partial charge on any atom is -0.493 e. The number of rotatable bonds is 8. The van der Waals surface area contributed by atoms with Gasteiger partial charge in [0.25, 0.3) is 5.91 Å². The van der Waals surface area contributed by atoms with Crippen molar-refractivity contribution >= 4 is 5.91 Å². The molecular weight excluding hydrogens is 390 g/mol. The summed E-state index contributed by atoms with van der Waals surface area (Å²) in [6.45, 7) is 4.62. The van der Waals surface area contributed by atoms with Gasteiger partial charge in [0.05, 0.1) is 20.3 Å². The molecule has 1 aromatic heterocycles. The highest BCUT2D eigenvalue weighted by Gasteiger charge is 2.18. The van der Waals surface area contributed by atoms with Gasteiger partial charge in [-0.1, -0.05) is 6.07 Å². The Morgan fingerprint density at radius 2 is 1.55 bits per heavy atom. The van der Waals surface area contributed by atoms with Crippen LogP contribution in [0.4, 0.5) is 0 Å². The molecule has 0 saturated carbocycles. The first kappa shape index (κ1) is 22.4. The Hall–Kier alpha value is -3.25. The van der Waals surface area contributed by atoms with Gasteiger partial charge in [-0.3, -0.25) is 4.79 Å². The van der Waals surface area contributed by atoms with Crippen molar-refractivity contribution in [2.75, 3.05) is 34.9 Å². The summed E-state index contributed by atoms with van der Waals surface area (Å²) < 4.78 is 12.9. The Labute approximate surface area is 184 Å². The molecule has 0 aliphatic carbocycles. The molecule has 1 amide bonds. The lowest BCUT2D eigenvalue weighted by atomic mass is 10.0. The predicted molar refractivity (Wildman–Crippen MR) is 124 cm³/mol. The second-order valence-electron chi connectivity index (χ2n) is 7.80. The van der Waals surface area contributed by atoms with Crippen LogP contribution in [0.1, 0.15) is 33.4 Å². The lowest BCUT2D eigenvalue weighted by molar-refractivity contribution is 0.0942. The Kier molecular flexibility index (Phi) is 7.02. The van der Waals surface area contributed by atoms with Gasteiger partial charge in [-0.25, -0.2) is 0 Å². The van der Waals surface area contributed by atoms with Crippen LogP contribution in [0.5, 0.6) is 11.5 Å². The van der Waals surface area contributed by atoms with Crippen LogP contribution in [-0.2, 0) is 0 Å². The molecule has 6 heteroatoms. The number of carbonyl (C=O) groups excluding carboxylic acids is 1. The molecule has 6 nitrogen and oxygen atoms in total. The maximum atomic E-state index is 12.8. The number of hydrogen-bond donors (Lipinski definition) is 1. The van der Waals surface area contributed by atoms with Gasteiger partial charge >= 0.3 is 0 Å². The Morgan fingerprint density at radius 3 is 2.10 bits per heavy atom. The summed E-state index contributed by atoms with van der Waals surface area (Å²) in [6.07, 6.45) is 0. The van der Waals surface area contributed by atoms with E-state index in [9.17, 15) is 4.79 Å². The first-order valence-corrected chi connectivity index (χ1v) is 10.3. The van der Waals surface area contributed by atoms with Crippen LogP contribution >= 0.6 is 0 Å². The number of carbonyl (C=O) groups is 1. The number of nitrogens with one attached hydrogen (secondary N) is 1. The first-order valence-electron chi connectivity index (χ1n) is 10.3. The standard InChI is InChI=1S/C25H31N3O3/c1-17-7-8-18(2)28(17)21-12-9-19(10-13-21)25(29)26-16-22(27(3)4)20-11-14-23(30-5)24(15-20)31-6/h7-15,22H,16H2,1-6H3,(H,26,29)/t22-/m0/s1. The Bertz CT molecular complexity index is 1020. The topological polar surface area (TPSA) is 55.7 Å². The van der Waals surface area contributed by atoms with Crippen molar-refractivity contribution in [3.05, 3.63) is 77.1 Å². The number of benzene rings is 2. The molecule has 3 rings (SSSR count). The van der Waals surface area contributed by atoms with Crippen molar-refractivity contribution < 1.29 is 14.3 Å². The third kappa shape index (κ3) is 4.91. The molecular formula is C25H31N3O3. The summed E-state index contributed by atoms with van der Waals surface area (Å²) in [5, 5.41) is 3.06. The van der Waals surface area contributed by atoms with Crippen molar-refractivity contribution in [2.45, 2.75) is 19.9 Å². The van der Waals surface area contributed by atoms with Crippen LogP contribution in [0.3, 0.4) is 0 Å². The number of nitrogens with zero attached hydrogens (tertiary/aromatic N) is 2. The zero-order valence-electron chi connectivity index (χ0n) is 19.1. The van der Waals surface area contributed by atoms with Crippen LogP contribution in [0.25, 0.3) is 5.69 Å². The number of aromatic nitrogens is 1. The van der Waals surface area contributed by atoms with Gasteiger partial charge in [-0.15, -0.1) is 0 Å². The van der Waals surface area contributed by atoms with Crippen molar-refractivity contribution in [3.63, 3.8) is 0 Å². The molecule has 0 saturated heterocycles. The fourth-order valence-electron chi connectivity index (χ4n) is 3.79. The zero-order valence-corrected chi connectivity index (χ0v) is 19.1. The minimum atomic E-state index is -0.0974. The molecule has 164 valence electrons. The number of amides is 1. The molecule has 0 aliphatic heterocycles. The van der Waals surface area contributed by atoms with Crippen molar-refractivity contribution in [1.29, 1.82) is 0 Å². The summed E-state index contributed by atoms with van der Waals surface area (Å²) in [6, 6.07) is 17.7. The van der Waals surface area contributed by atoms with E-state index in [1.165, 1.54) is 11.4 Å². The fourth-order valence-corrected chi connectivity index (χ4v) is 3.79. The molecule has 0 radical (unpaired) electrons. The van der Waals surface area contributed by atoms with E-state index in [4.69, 9.17) is 9.47 Å². The highest BCUT2D eigenvalue weighted by atomic mass is 16.5. The molecule has 3 aromatic rings. The number of methoxy groups -OCH3 is 2. The van der Waals surface area contributed by atoms with E-state index in [2.05, 4.69) is 40.8 Å². The highest BCUT2D eigenvalue weighted by Crippen LogP contribution is 2.31. The van der Waals surface area contributed by atoms with Gasteiger partial charge in [-0.05, 0) is 82.0 Å². The summed E-state index contributed by atoms with van der Waals surface area (Å²) in [5.41, 5.74) is 5.05. The first-order chi connectivity index (χ1) is 14.8. The molecule has 0 bridgehead atoms. The zero-order chi connectivity index (χ0) is 22.5. The summed E-state index contributed by atoms with van der Waals surface area (Å²) in [5.74, 6) is 1.25. The smallest absolute Gasteiger partial charge is 0.251 e. The monoisotopic (exact) mass is 421 g/mol. The van der Waals surface area contributed by atoms with E-state index in [1.54, 1.807) is 14.2 Å². The molecule has 0 unspecified atom stereocenters. The average molecular weight is 422 g/mol. The third-order valence-electron chi connectivity index (χ3n) is 5.53. The van der Waals surface area contributed by atoms with Crippen molar-refractivity contribution in [3.8, 4) is 17.2 Å². The van der Waals surface area contributed by atoms with Gasteiger partial charge in [-0.2, -0.15) is 0 Å². The average Bonchev–Trinajstić information content (AvgIpc) is 3.11. The molecule has 2 aromatic carbocycles. The quantitative estimate of drug-likeness (QED) is 0.594. The second kappa shape index (κ2) is 9.71. The number of likely N-dealkylation sites (N-methyl/N-ethyl adjacent to an activating group) is 1. The third-order valence-corrected chi connectivity index (χ3v) is 5.53. The van der Waals surface area contributed by atoms with E-state index < -0.39 is 0 Å². The highest BCUT2D eigenvalue weighted by molar-refractivity contribution is 5.94. The van der Waals surface area contributed by atoms with Gasteiger partial charge in [0.1, 0.15) is 0 Å². The van der Waals surface area contributed by atoms with E-state index in [-0.39, 0.29) is 11.9 Å². The van der Waals surface area contributed by atoms with Gasteiger partial charge in [0.15, 0.2) is 11.5 Å². The maximum Gasteiger partial charge on any atom is 0.251 e. The molecule has 0 fully saturated rings. The Balaban J connectivity index is 1.72. The number of ether oxygens (including phenoxy) is 2. The van der Waals surface area contributed by atoms with Gasteiger partial charge in [0, 0.05) is 29.2 Å². The van der Waals surface area contributed by atoms with Gasteiger partial charge < -0.3 is 24.3 Å². The minimum absolute atomic E-state index is 0.00629. The number of aryl methyl sites for hydroxylation is 2. The molecule has 0 aliphatic rings. The maximum absolute atomic E-state index is 12.8. The van der Waals surface area contributed by atoms with E-state index in [0.717, 1.165) is 11.3 Å². The number of hydrogen-bond acceptors (Lipinski definition) is 4. The van der Waals surface area contributed by atoms with Crippen LogP contribution in [0.15, 0.2) is 54.6 Å². The van der Waals surface area contributed by atoms with Gasteiger partial charge in [0.2, 0.25) is 0 Å². The van der Waals surface area contributed by atoms with E-state index in [1.807, 2.05) is 56.6 Å². The summed E-state index contributed by atoms with van der Waals surface area (Å²) in [4.78, 5) is 14.8. The van der Waals surface area contributed by atoms with E-state index >= 15 is 0 Å². The molecule has 0 spiro atoms. The lowest BCUT2D eigenvalue weighted by Gasteiger charge is -2.26. The molecule has 1 heterocycles. The molecule has 31 heavy (non-hydrogen) atoms. The van der Waals surface area contributed by atoms with Crippen molar-refractivity contribution in [1.82, 2.24) is 14.8 Å². The van der Waals surface area contributed by atoms with Crippen LogP contribution in [-0.4, -0.2) is 50.2 Å². The second-order valence-corrected chi connectivity index (χ2v) is 7.80. The molecule has 1 atom stereocenters. The van der Waals surface area contributed by atoms with Crippen molar-refractivity contribution in [2.24, 2.45) is 0 Å². The van der Waals surface area contributed by atoms with E-state index in [0.29, 0.717) is 23.6 Å². The van der Waals surface area contributed by atoms with Crippen LogP contribution in [0, 0.1) is 13.8 Å². The summed E-state index contributed by atoms with van der Waals surface area (Å²) >= 11 is 0. The predicted octanol–water partition coefficient (Wildman–Crippen LogP) is 4.14. The molecule has 1 N–H and O–H groups in total. The SMILES string of the molecule is COc1ccc([C@H](CNC(=O)c2ccc(-n3c(C)ccc3C)cc2)N(C)C)cc1OC. The summed E-state index contributed by atoms with van der Waals surface area (Å²) in [7, 11) is 7.22. The lowest BCUT2D eigenvalue weighted by Crippen LogP contribution is -2.34. The fraction of sp³-hybridized carbons (Fsp3) is 0.320. The normalized spacial score (nSPS) is 12.0. The van der Waals surface area contributed by atoms with Crippen LogP contribution < -0.4 is 14.8 Å². The largest absolute Gasteiger partial charge is 0.493 e. The van der Waals surface area contributed by atoms with Crippen LogP contribution in [0.2, 0.25) is 0 Å². The Morgan fingerprint density at radius 1 is 0.935 bits per heavy atom.